The summed E-state index contributed by atoms with van der Waals surface area (Å²) in [5.74, 6) is 0.176. The van der Waals surface area contributed by atoms with E-state index >= 15 is 0 Å². The maximum Gasteiger partial charge on any atom is 0.490 e. The van der Waals surface area contributed by atoms with E-state index in [4.69, 9.17) is 19.4 Å². The summed E-state index contributed by atoms with van der Waals surface area (Å²) < 4.78 is 43.0. The van der Waals surface area contributed by atoms with E-state index in [1.165, 1.54) is 31.4 Å². The average Bonchev–Trinajstić information content (AvgIpc) is 3.76. The second kappa shape index (κ2) is 10.6. The number of hydrogen-bond donors (Lipinski definition) is 3. The van der Waals surface area contributed by atoms with Crippen molar-refractivity contribution in [1.82, 2.24) is 10.6 Å². The molecule has 1 aliphatic heterocycles. The van der Waals surface area contributed by atoms with Gasteiger partial charge in [0.1, 0.15) is 13.2 Å². The maximum atomic E-state index is 12.5. The molecule has 2 saturated carbocycles. The predicted octanol–water partition coefficient (Wildman–Crippen LogP) is 3.88. The van der Waals surface area contributed by atoms with E-state index < -0.39 is 12.1 Å². The fraction of sp³-hybridized carbons (Fsp3) is 0.440. The SMILES string of the molecule is O=C(NCc1cccc2c1OCCO2)c1ccc([C@@H]2C[C@H]2NCC2CC2)cc1.O=C(O)C(F)(F)F. The van der Waals surface area contributed by atoms with Gasteiger partial charge in [-0.25, -0.2) is 4.79 Å². The van der Waals surface area contributed by atoms with E-state index in [0.29, 0.717) is 37.3 Å². The third-order valence-electron chi connectivity index (χ3n) is 6.09. The van der Waals surface area contributed by atoms with Crippen LogP contribution in [-0.4, -0.2) is 49.0 Å². The normalized spacial score (nSPS) is 20.3. The van der Waals surface area contributed by atoms with E-state index in [9.17, 15) is 18.0 Å². The summed E-state index contributed by atoms with van der Waals surface area (Å²) in [5, 5.41) is 13.8. The Morgan fingerprint density at radius 1 is 1.03 bits per heavy atom. The minimum absolute atomic E-state index is 0.0694. The molecule has 188 valence electrons. The summed E-state index contributed by atoms with van der Waals surface area (Å²) in [6.45, 7) is 2.69. The van der Waals surface area contributed by atoms with E-state index in [1.54, 1.807) is 0 Å². The molecular formula is C25H27F3N2O5. The predicted molar refractivity (Wildman–Crippen MR) is 121 cm³/mol. The number of nitrogens with one attached hydrogen (secondary N) is 2. The van der Waals surface area contributed by atoms with Gasteiger partial charge in [0.05, 0.1) is 0 Å². The molecule has 10 heteroatoms. The zero-order chi connectivity index (χ0) is 25.0. The van der Waals surface area contributed by atoms with Crippen molar-refractivity contribution in [2.75, 3.05) is 19.8 Å². The summed E-state index contributed by atoms with van der Waals surface area (Å²) >= 11 is 0. The minimum atomic E-state index is -5.08. The highest BCUT2D eigenvalue weighted by Gasteiger charge is 2.39. The maximum absolute atomic E-state index is 12.5. The van der Waals surface area contributed by atoms with Crippen LogP contribution in [0.3, 0.4) is 0 Å². The number of rotatable bonds is 7. The van der Waals surface area contributed by atoms with Crippen LogP contribution in [0.1, 0.15) is 46.7 Å². The van der Waals surface area contributed by atoms with Gasteiger partial charge in [-0.05, 0) is 55.5 Å². The van der Waals surface area contributed by atoms with Crippen LogP contribution < -0.4 is 20.1 Å². The fourth-order valence-electron chi connectivity index (χ4n) is 3.86. The summed E-state index contributed by atoms with van der Waals surface area (Å²) in [6, 6.07) is 14.4. The van der Waals surface area contributed by atoms with Crippen LogP contribution in [0.5, 0.6) is 11.5 Å². The molecular weight excluding hydrogens is 465 g/mol. The molecule has 7 nitrogen and oxygen atoms in total. The van der Waals surface area contributed by atoms with Crippen LogP contribution in [0.25, 0.3) is 0 Å². The monoisotopic (exact) mass is 492 g/mol. The molecule has 0 unspecified atom stereocenters. The third kappa shape index (κ3) is 6.88. The standard InChI is InChI=1S/C23H26N2O3.C2HF3O2/c26-23(25-14-18-2-1-3-21-22(18)28-11-10-27-21)17-8-6-16(7-9-17)19-12-20(19)24-13-15-4-5-15;3-2(4,5)1(6)7/h1-3,6-9,15,19-20,24H,4-5,10-14H2,(H,25,26);(H,6,7)/t19-,20+;/m0./s1. The van der Waals surface area contributed by atoms with Crippen LogP contribution in [0, 0.1) is 5.92 Å². The van der Waals surface area contributed by atoms with Gasteiger partial charge >= 0.3 is 12.1 Å². The number of carbonyl (C=O) groups is 2. The number of carboxylic acid groups (broad SMARTS) is 1. The molecule has 5 rings (SSSR count). The van der Waals surface area contributed by atoms with Crippen LogP contribution >= 0.6 is 0 Å². The Hall–Kier alpha value is -3.27. The summed E-state index contributed by atoms with van der Waals surface area (Å²) in [7, 11) is 0. The number of ether oxygens (including phenoxy) is 2. The Balaban J connectivity index is 0.000000364. The number of para-hydroxylation sites is 1. The first-order chi connectivity index (χ1) is 16.7. The number of amides is 1. The van der Waals surface area contributed by atoms with E-state index in [-0.39, 0.29) is 5.91 Å². The molecule has 3 N–H and O–H groups in total. The Labute approximate surface area is 200 Å². The molecule has 35 heavy (non-hydrogen) atoms. The van der Waals surface area contributed by atoms with Crippen molar-refractivity contribution in [1.29, 1.82) is 0 Å². The van der Waals surface area contributed by atoms with Crippen molar-refractivity contribution in [2.24, 2.45) is 5.92 Å². The number of alkyl halides is 3. The lowest BCUT2D eigenvalue weighted by Crippen LogP contribution is -2.24. The molecule has 0 bridgehead atoms. The van der Waals surface area contributed by atoms with Crippen molar-refractivity contribution in [3.63, 3.8) is 0 Å². The zero-order valence-corrected chi connectivity index (χ0v) is 18.9. The number of fused-ring (bicyclic) bond motifs is 1. The van der Waals surface area contributed by atoms with Crippen LogP contribution in [0.15, 0.2) is 42.5 Å². The number of carboxylic acids is 1. The van der Waals surface area contributed by atoms with Gasteiger partial charge < -0.3 is 25.2 Å². The van der Waals surface area contributed by atoms with Gasteiger partial charge in [0.15, 0.2) is 11.5 Å². The largest absolute Gasteiger partial charge is 0.490 e. The van der Waals surface area contributed by atoms with Gasteiger partial charge in [-0.2, -0.15) is 13.2 Å². The highest BCUT2D eigenvalue weighted by atomic mass is 19.4. The van der Waals surface area contributed by atoms with Gasteiger partial charge in [0.25, 0.3) is 5.91 Å². The number of halogens is 3. The minimum Gasteiger partial charge on any atom is -0.486 e. The van der Waals surface area contributed by atoms with Crippen LogP contribution in [0.4, 0.5) is 13.2 Å². The molecule has 0 radical (unpaired) electrons. The van der Waals surface area contributed by atoms with Gasteiger partial charge in [-0.1, -0.05) is 24.3 Å². The van der Waals surface area contributed by atoms with Gasteiger partial charge in [-0.15, -0.1) is 0 Å². The van der Waals surface area contributed by atoms with Crippen molar-refractivity contribution in [3.05, 3.63) is 59.2 Å². The highest BCUT2D eigenvalue weighted by Crippen LogP contribution is 2.41. The van der Waals surface area contributed by atoms with Crippen molar-refractivity contribution in [2.45, 2.75) is 43.9 Å². The second-order valence-corrected chi connectivity index (χ2v) is 8.85. The number of aliphatic carboxylic acids is 1. The molecule has 1 amide bonds. The topological polar surface area (TPSA) is 96.9 Å². The van der Waals surface area contributed by atoms with Crippen LogP contribution in [-0.2, 0) is 11.3 Å². The summed E-state index contributed by atoms with van der Waals surface area (Å²) in [5.41, 5.74) is 2.95. The third-order valence-corrected chi connectivity index (χ3v) is 6.09. The number of hydrogen-bond acceptors (Lipinski definition) is 5. The molecule has 3 aliphatic rings. The molecule has 1 heterocycles. The Bertz CT molecular complexity index is 1050. The van der Waals surface area contributed by atoms with E-state index in [0.717, 1.165) is 23.0 Å². The first-order valence-electron chi connectivity index (χ1n) is 11.5. The lowest BCUT2D eigenvalue weighted by atomic mass is 10.1. The number of benzene rings is 2. The lowest BCUT2D eigenvalue weighted by Gasteiger charge is -2.21. The van der Waals surface area contributed by atoms with Crippen molar-refractivity contribution in [3.8, 4) is 11.5 Å². The average molecular weight is 492 g/mol. The molecule has 0 spiro atoms. The van der Waals surface area contributed by atoms with Crippen molar-refractivity contribution < 1.29 is 37.3 Å². The molecule has 2 aliphatic carbocycles. The van der Waals surface area contributed by atoms with Crippen LogP contribution in [0.2, 0.25) is 0 Å². The molecule has 0 aromatic heterocycles. The number of carbonyl (C=O) groups excluding carboxylic acids is 1. The molecule has 2 fully saturated rings. The van der Waals surface area contributed by atoms with Gasteiger partial charge in [0.2, 0.25) is 0 Å². The summed E-state index contributed by atoms with van der Waals surface area (Å²) in [6.07, 6.45) is -1.10. The first kappa shape index (κ1) is 24.8. The highest BCUT2D eigenvalue weighted by molar-refractivity contribution is 5.94. The molecule has 0 saturated heterocycles. The Morgan fingerprint density at radius 3 is 2.37 bits per heavy atom. The fourth-order valence-corrected chi connectivity index (χ4v) is 3.86. The van der Waals surface area contributed by atoms with E-state index in [2.05, 4.69) is 22.8 Å². The smallest absolute Gasteiger partial charge is 0.486 e. The molecule has 2 aromatic rings. The van der Waals surface area contributed by atoms with E-state index in [1.807, 2.05) is 30.3 Å². The lowest BCUT2D eigenvalue weighted by molar-refractivity contribution is -0.192. The quantitative estimate of drug-likeness (QED) is 0.543. The molecule has 2 atom stereocenters. The second-order valence-electron chi connectivity index (χ2n) is 8.85. The van der Waals surface area contributed by atoms with Gasteiger partial charge in [0, 0.05) is 29.6 Å². The molecule has 2 aromatic carbocycles. The Morgan fingerprint density at radius 2 is 1.71 bits per heavy atom. The first-order valence-corrected chi connectivity index (χ1v) is 11.5. The Kier molecular flexibility index (Phi) is 7.49. The van der Waals surface area contributed by atoms with Gasteiger partial charge in [-0.3, -0.25) is 4.79 Å². The zero-order valence-electron chi connectivity index (χ0n) is 18.9. The van der Waals surface area contributed by atoms with Crippen molar-refractivity contribution >= 4 is 11.9 Å². The summed E-state index contributed by atoms with van der Waals surface area (Å²) in [4.78, 5) is 21.4.